The zero-order chi connectivity index (χ0) is 13.1. The molecule has 0 aliphatic carbocycles. The van der Waals surface area contributed by atoms with Crippen molar-refractivity contribution in [1.82, 2.24) is 0 Å². The highest BCUT2D eigenvalue weighted by Gasteiger charge is 1.92. The van der Waals surface area contributed by atoms with E-state index in [9.17, 15) is 4.79 Å². The first-order valence-corrected chi connectivity index (χ1v) is 6.16. The maximum atomic E-state index is 10.5. The van der Waals surface area contributed by atoms with Crippen LogP contribution < -0.4 is 4.84 Å². The van der Waals surface area contributed by atoms with E-state index in [0.717, 1.165) is 31.4 Å². The third-order valence-corrected chi connectivity index (χ3v) is 2.26. The number of hydrogen-bond acceptors (Lipinski definition) is 4. The molecule has 18 heavy (non-hydrogen) atoms. The lowest BCUT2D eigenvalue weighted by Gasteiger charge is -2.00. The van der Waals surface area contributed by atoms with Crippen molar-refractivity contribution in [3.63, 3.8) is 0 Å². The smallest absolute Gasteiger partial charge is 0.302 e. The maximum absolute atomic E-state index is 10.5. The molecule has 0 atom stereocenters. The Morgan fingerprint density at radius 1 is 1.22 bits per heavy atom. The molecule has 0 heterocycles. The van der Waals surface area contributed by atoms with Crippen LogP contribution in [0.15, 0.2) is 35.5 Å². The summed E-state index contributed by atoms with van der Waals surface area (Å²) in [6.45, 7) is 1.93. The number of oxime groups is 1. The summed E-state index contributed by atoms with van der Waals surface area (Å²) in [5.74, 6) is 0.524. The molecule has 1 aromatic carbocycles. The van der Waals surface area contributed by atoms with E-state index < -0.39 is 0 Å². The summed E-state index contributed by atoms with van der Waals surface area (Å²) in [4.78, 5) is 15.7. The maximum Gasteiger partial charge on any atom is 0.302 e. The number of para-hydroxylation sites is 1. The Morgan fingerprint density at radius 2 is 2.00 bits per heavy atom. The Bertz CT molecular complexity index is 363. The Morgan fingerprint density at radius 3 is 2.72 bits per heavy atom. The monoisotopic (exact) mass is 249 g/mol. The number of unbranched alkanes of at least 4 members (excludes halogenated alkanes) is 3. The minimum absolute atomic E-state index is 0.215. The molecule has 0 saturated carbocycles. The largest absolute Gasteiger partial charge is 0.466 e. The van der Waals surface area contributed by atoms with Gasteiger partial charge in [0.1, 0.15) is 0 Å². The van der Waals surface area contributed by atoms with Crippen molar-refractivity contribution in [3.8, 4) is 5.75 Å². The van der Waals surface area contributed by atoms with Crippen molar-refractivity contribution >= 4 is 12.2 Å². The number of esters is 1. The van der Waals surface area contributed by atoms with Crippen LogP contribution in [0.25, 0.3) is 0 Å². The summed E-state index contributed by atoms with van der Waals surface area (Å²) in [6.07, 6.45) is 5.56. The summed E-state index contributed by atoms with van der Waals surface area (Å²) in [6, 6.07) is 9.45. The molecule has 98 valence electrons. The van der Waals surface area contributed by atoms with Gasteiger partial charge in [-0.1, -0.05) is 23.4 Å². The molecule has 0 unspecified atom stereocenters. The molecule has 1 aromatic rings. The normalized spacial score (nSPS) is 10.5. The number of carbonyl (C=O) groups excluding carboxylic acids is 1. The second-order valence-corrected chi connectivity index (χ2v) is 3.88. The van der Waals surface area contributed by atoms with Gasteiger partial charge in [0.15, 0.2) is 5.75 Å². The zero-order valence-electron chi connectivity index (χ0n) is 10.7. The summed E-state index contributed by atoms with van der Waals surface area (Å²) in [5.41, 5.74) is 0. The van der Waals surface area contributed by atoms with Gasteiger partial charge in [-0.2, -0.15) is 0 Å². The molecular formula is C14H19NO3. The van der Waals surface area contributed by atoms with E-state index in [0.29, 0.717) is 6.61 Å². The highest BCUT2D eigenvalue weighted by Crippen LogP contribution is 2.08. The zero-order valence-corrected chi connectivity index (χ0v) is 10.7. The predicted octanol–water partition coefficient (Wildman–Crippen LogP) is 3.17. The molecular weight excluding hydrogens is 230 g/mol. The fraction of sp³-hybridized carbons (Fsp3) is 0.429. The fourth-order valence-electron chi connectivity index (χ4n) is 1.36. The topological polar surface area (TPSA) is 47.9 Å². The van der Waals surface area contributed by atoms with Crippen LogP contribution in [-0.4, -0.2) is 18.8 Å². The lowest BCUT2D eigenvalue weighted by molar-refractivity contribution is -0.141. The van der Waals surface area contributed by atoms with Gasteiger partial charge >= 0.3 is 5.97 Å². The number of carbonyl (C=O) groups is 1. The number of rotatable bonds is 8. The van der Waals surface area contributed by atoms with E-state index in [1.54, 1.807) is 6.21 Å². The van der Waals surface area contributed by atoms with Crippen molar-refractivity contribution in [2.45, 2.75) is 32.6 Å². The van der Waals surface area contributed by atoms with Crippen LogP contribution in [0.5, 0.6) is 5.75 Å². The minimum Gasteiger partial charge on any atom is -0.466 e. The summed E-state index contributed by atoms with van der Waals surface area (Å²) >= 11 is 0. The molecule has 0 aromatic heterocycles. The lowest BCUT2D eigenvalue weighted by atomic mass is 10.2. The van der Waals surface area contributed by atoms with Crippen LogP contribution in [0.1, 0.15) is 32.6 Å². The third-order valence-electron chi connectivity index (χ3n) is 2.26. The molecule has 4 nitrogen and oxygen atoms in total. The van der Waals surface area contributed by atoms with Gasteiger partial charge in [0, 0.05) is 13.1 Å². The average Bonchev–Trinajstić information content (AvgIpc) is 2.37. The fourth-order valence-corrected chi connectivity index (χ4v) is 1.36. The van der Waals surface area contributed by atoms with Gasteiger partial charge in [-0.15, -0.1) is 0 Å². The van der Waals surface area contributed by atoms with Crippen LogP contribution in [0, 0.1) is 0 Å². The molecule has 0 aliphatic rings. The van der Waals surface area contributed by atoms with Crippen molar-refractivity contribution in [3.05, 3.63) is 30.3 Å². The van der Waals surface area contributed by atoms with Crippen LogP contribution in [0.4, 0.5) is 0 Å². The molecule has 0 fully saturated rings. The van der Waals surface area contributed by atoms with E-state index in [2.05, 4.69) is 5.16 Å². The highest BCUT2D eigenvalue weighted by molar-refractivity contribution is 5.65. The minimum atomic E-state index is -0.215. The average molecular weight is 249 g/mol. The van der Waals surface area contributed by atoms with Gasteiger partial charge < -0.3 is 9.57 Å². The lowest BCUT2D eigenvalue weighted by Crippen LogP contribution is -2.00. The predicted molar refractivity (Wildman–Crippen MR) is 70.7 cm³/mol. The molecule has 0 amide bonds. The quantitative estimate of drug-likeness (QED) is 0.308. The Kier molecular flexibility index (Phi) is 7.28. The number of nitrogens with zero attached hydrogens (tertiary/aromatic N) is 1. The Hall–Kier alpha value is -1.84. The third kappa shape index (κ3) is 7.44. The first-order chi connectivity index (χ1) is 8.79. The van der Waals surface area contributed by atoms with Gasteiger partial charge in [0.25, 0.3) is 0 Å². The van der Waals surface area contributed by atoms with Crippen LogP contribution in [0.2, 0.25) is 0 Å². The first kappa shape index (κ1) is 14.2. The first-order valence-electron chi connectivity index (χ1n) is 6.16. The molecule has 1 rings (SSSR count). The van der Waals surface area contributed by atoms with E-state index in [-0.39, 0.29) is 5.97 Å². The van der Waals surface area contributed by atoms with Crippen LogP contribution in [-0.2, 0) is 9.53 Å². The molecule has 0 N–H and O–H groups in total. The van der Waals surface area contributed by atoms with E-state index in [4.69, 9.17) is 9.57 Å². The second-order valence-electron chi connectivity index (χ2n) is 3.88. The van der Waals surface area contributed by atoms with Crippen LogP contribution in [0.3, 0.4) is 0 Å². The summed E-state index contributed by atoms with van der Waals surface area (Å²) < 4.78 is 4.83. The van der Waals surface area contributed by atoms with E-state index in [1.165, 1.54) is 6.92 Å². The molecule has 0 bridgehead atoms. The molecule has 0 radical (unpaired) electrons. The molecule has 0 saturated heterocycles. The van der Waals surface area contributed by atoms with Crippen molar-refractivity contribution in [2.24, 2.45) is 5.16 Å². The van der Waals surface area contributed by atoms with Gasteiger partial charge in [-0.3, -0.25) is 4.79 Å². The molecule has 0 spiro atoms. The van der Waals surface area contributed by atoms with Gasteiger partial charge in [0.2, 0.25) is 0 Å². The number of benzene rings is 1. The standard InChI is InChI=1S/C14H19NO3/c1-13(16)17-12-8-3-2-7-11-15-18-14-9-5-4-6-10-14/h4-6,9-11H,2-3,7-8,12H2,1H3. The van der Waals surface area contributed by atoms with E-state index >= 15 is 0 Å². The van der Waals surface area contributed by atoms with Crippen molar-refractivity contribution in [2.75, 3.05) is 6.61 Å². The van der Waals surface area contributed by atoms with E-state index in [1.807, 2.05) is 30.3 Å². The van der Waals surface area contributed by atoms with Crippen LogP contribution >= 0.6 is 0 Å². The number of ether oxygens (including phenoxy) is 1. The van der Waals surface area contributed by atoms with Gasteiger partial charge in [-0.05, 0) is 37.8 Å². The van der Waals surface area contributed by atoms with Gasteiger partial charge in [0.05, 0.1) is 6.61 Å². The van der Waals surface area contributed by atoms with Crippen molar-refractivity contribution in [1.29, 1.82) is 0 Å². The summed E-state index contributed by atoms with van der Waals surface area (Å²) in [5, 5.41) is 3.88. The summed E-state index contributed by atoms with van der Waals surface area (Å²) in [7, 11) is 0. The Balaban J connectivity index is 1.96. The second kappa shape index (κ2) is 9.22. The molecule has 0 aliphatic heterocycles. The van der Waals surface area contributed by atoms with Gasteiger partial charge in [-0.25, -0.2) is 0 Å². The SMILES string of the molecule is CC(=O)OCCCCCC=NOc1ccccc1. The highest BCUT2D eigenvalue weighted by atomic mass is 16.6. The van der Waals surface area contributed by atoms with Crippen molar-refractivity contribution < 1.29 is 14.4 Å². The number of hydrogen-bond donors (Lipinski definition) is 0. The molecule has 4 heteroatoms. The Labute approximate surface area is 108 Å².